The van der Waals surface area contributed by atoms with Gasteiger partial charge in [-0.05, 0) is 45.3 Å². The smallest absolute Gasteiger partial charge is 0.227 e. The van der Waals surface area contributed by atoms with Crippen LogP contribution in [0.4, 0.5) is 17.6 Å². The van der Waals surface area contributed by atoms with Crippen molar-refractivity contribution in [3.63, 3.8) is 0 Å². The highest BCUT2D eigenvalue weighted by atomic mass is 16.5. The number of aromatic amines is 1. The number of ether oxygens (including phenoxy) is 2. The average molecular weight is 467 g/mol. The Bertz CT molecular complexity index is 1110. The maximum absolute atomic E-state index is 6.17. The summed E-state index contributed by atoms with van der Waals surface area (Å²) in [6.07, 6.45) is 3.60. The number of aryl methyl sites for hydroxylation is 1. The Morgan fingerprint density at radius 2 is 1.85 bits per heavy atom. The van der Waals surface area contributed by atoms with Gasteiger partial charge in [0.25, 0.3) is 0 Å². The maximum atomic E-state index is 6.17. The van der Waals surface area contributed by atoms with Crippen molar-refractivity contribution in [2.24, 2.45) is 0 Å². The van der Waals surface area contributed by atoms with E-state index in [-0.39, 0.29) is 0 Å². The zero-order valence-corrected chi connectivity index (χ0v) is 20.1. The van der Waals surface area contributed by atoms with Crippen LogP contribution in [0, 0.1) is 6.92 Å². The van der Waals surface area contributed by atoms with Crippen LogP contribution in [-0.2, 0) is 0 Å². The van der Waals surface area contributed by atoms with E-state index in [2.05, 4.69) is 30.6 Å². The van der Waals surface area contributed by atoms with E-state index >= 15 is 0 Å². The normalized spacial score (nSPS) is 16.8. The number of nitrogens with one attached hydrogen (secondary N) is 3. The molecule has 10 nitrogen and oxygen atoms in total. The highest BCUT2D eigenvalue weighted by Gasteiger charge is 2.19. The molecule has 0 aliphatic carbocycles. The van der Waals surface area contributed by atoms with Crippen LogP contribution in [-0.4, -0.2) is 84.6 Å². The zero-order chi connectivity index (χ0) is 23.3. The Labute approximate surface area is 200 Å². The monoisotopic (exact) mass is 466 g/mol. The lowest BCUT2D eigenvalue weighted by molar-refractivity contribution is 0.254. The summed E-state index contributed by atoms with van der Waals surface area (Å²) in [5, 5.41) is 14.9. The molecule has 2 fully saturated rings. The largest absolute Gasteiger partial charge is 0.493 e. The molecule has 10 heteroatoms. The summed E-state index contributed by atoms with van der Waals surface area (Å²) < 4.78 is 11.8. The molecule has 0 amide bonds. The van der Waals surface area contributed by atoms with Gasteiger partial charge in [-0.2, -0.15) is 10.1 Å². The van der Waals surface area contributed by atoms with Crippen molar-refractivity contribution in [1.29, 1.82) is 0 Å². The molecule has 34 heavy (non-hydrogen) atoms. The summed E-state index contributed by atoms with van der Waals surface area (Å²) in [6.45, 7) is 9.65. The van der Waals surface area contributed by atoms with Gasteiger partial charge in [0, 0.05) is 55.9 Å². The van der Waals surface area contributed by atoms with E-state index < -0.39 is 0 Å². The molecule has 2 saturated heterocycles. The van der Waals surface area contributed by atoms with Crippen molar-refractivity contribution in [3.05, 3.63) is 23.9 Å². The van der Waals surface area contributed by atoms with E-state index in [1.54, 1.807) is 7.11 Å². The summed E-state index contributed by atoms with van der Waals surface area (Å²) in [5.41, 5.74) is 1.79. The molecule has 3 aromatic rings. The molecule has 4 heterocycles. The Balaban J connectivity index is 1.43. The average Bonchev–Trinajstić information content (AvgIpc) is 3.53. The molecule has 3 N–H and O–H groups in total. The van der Waals surface area contributed by atoms with E-state index in [1.807, 2.05) is 25.1 Å². The quantitative estimate of drug-likeness (QED) is 0.411. The number of aromatic nitrogens is 4. The number of fused-ring (bicyclic) bond motifs is 1. The highest BCUT2D eigenvalue weighted by Crippen LogP contribution is 2.36. The Morgan fingerprint density at radius 3 is 2.59 bits per heavy atom. The highest BCUT2D eigenvalue weighted by molar-refractivity contribution is 5.94. The van der Waals surface area contributed by atoms with Crippen LogP contribution in [0.25, 0.3) is 10.9 Å². The zero-order valence-electron chi connectivity index (χ0n) is 20.1. The summed E-state index contributed by atoms with van der Waals surface area (Å²) in [4.78, 5) is 14.5. The maximum Gasteiger partial charge on any atom is 0.227 e. The van der Waals surface area contributed by atoms with Gasteiger partial charge in [0.15, 0.2) is 17.3 Å². The van der Waals surface area contributed by atoms with Crippen LogP contribution >= 0.6 is 0 Å². The summed E-state index contributed by atoms with van der Waals surface area (Å²) in [5.74, 6) is 3.50. The predicted octanol–water partition coefficient (Wildman–Crippen LogP) is 2.69. The summed E-state index contributed by atoms with van der Waals surface area (Å²) in [7, 11) is 1.67. The van der Waals surface area contributed by atoms with Crippen LogP contribution in [0.5, 0.6) is 11.5 Å². The molecule has 0 radical (unpaired) electrons. The molecule has 182 valence electrons. The summed E-state index contributed by atoms with van der Waals surface area (Å²) in [6, 6.07) is 5.88. The van der Waals surface area contributed by atoms with Gasteiger partial charge in [-0.15, -0.1) is 0 Å². The fourth-order valence-corrected chi connectivity index (χ4v) is 4.58. The number of piperazine rings is 1. The van der Waals surface area contributed by atoms with Crippen molar-refractivity contribution < 1.29 is 9.47 Å². The first-order valence-corrected chi connectivity index (χ1v) is 12.2. The molecular weight excluding hydrogens is 432 g/mol. The number of hydrogen-bond acceptors (Lipinski definition) is 9. The van der Waals surface area contributed by atoms with Crippen LogP contribution in [0.3, 0.4) is 0 Å². The summed E-state index contributed by atoms with van der Waals surface area (Å²) >= 11 is 0. The van der Waals surface area contributed by atoms with E-state index in [9.17, 15) is 0 Å². The van der Waals surface area contributed by atoms with Crippen LogP contribution in [0.15, 0.2) is 18.2 Å². The Hall–Kier alpha value is -3.11. The van der Waals surface area contributed by atoms with Crippen molar-refractivity contribution >= 4 is 28.5 Å². The SMILES string of the molecule is COc1cc2c(Nc3cc(C)[nH]n3)nc(N3CCNCC3)nc2cc1OCCCN1CCCC1. The second-order valence-electron chi connectivity index (χ2n) is 8.94. The number of hydrogen-bond donors (Lipinski definition) is 3. The minimum atomic E-state index is 0.645. The van der Waals surface area contributed by atoms with Crippen molar-refractivity contribution in [2.75, 3.05) is 69.7 Å². The molecule has 0 bridgehead atoms. The van der Waals surface area contributed by atoms with Crippen LogP contribution < -0.4 is 25.0 Å². The second-order valence-corrected chi connectivity index (χ2v) is 8.94. The van der Waals surface area contributed by atoms with Crippen LogP contribution in [0.2, 0.25) is 0 Å². The number of likely N-dealkylation sites (tertiary alicyclic amines) is 1. The number of nitrogens with zero attached hydrogens (tertiary/aromatic N) is 5. The van der Waals surface area contributed by atoms with Gasteiger partial charge in [-0.3, -0.25) is 5.10 Å². The van der Waals surface area contributed by atoms with Gasteiger partial charge in [0.2, 0.25) is 5.95 Å². The van der Waals surface area contributed by atoms with Gasteiger partial charge in [-0.1, -0.05) is 0 Å². The van der Waals surface area contributed by atoms with Gasteiger partial charge in [-0.25, -0.2) is 4.98 Å². The predicted molar refractivity (Wildman–Crippen MR) is 134 cm³/mol. The first-order chi connectivity index (χ1) is 16.7. The molecule has 2 aromatic heterocycles. The first kappa shape index (κ1) is 22.7. The van der Waals surface area contributed by atoms with E-state index in [4.69, 9.17) is 19.4 Å². The Morgan fingerprint density at radius 1 is 1.03 bits per heavy atom. The number of H-pyrrole nitrogens is 1. The molecule has 2 aliphatic heterocycles. The van der Waals surface area contributed by atoms with Gasteiger partial charge in [0.05, 0.1) is 19.2 Å². The third-order valence-electron chi connectivity index (χ3n) is 6.40. The first-order valence-electron chi connectivity index (χ1n) is 12.2. The lowest BCUT2D eigenvalue weighted by atomic mass is 10.2. The number of rotatable bonds is 9. The molecule has 0 unspecified atom stereocenters. The standard InChI is InChI=1S/C24H34N8O2/c1-17-14-22(30-29-17)27-23-18-15-20(33-2)21(34-13-5-10-31-8-3-4-9-31)16-19(18)26-24(28-23)32-11-6-25-7-12-32/h14-16,25H,3-13H2,1-2H3,(H2,26,27,28,29,30). The Kier molecular flexibility index (Phi) is 6.96. The minimum absolute atomic E-state index is 0.645. The minimum Gasteiger partial charge on any atom is -0.493 e. The molecule has 0 saturated carbocycles. The third-order valence-corrected chi connectivity index (χ3v) is 6.40. The number of methoxy groups -OCH3 is 1. The van der Waals surface area contributed by atoms with Crippen molar-refractivity contribution in [3.8, 4) is 11.5 Å². The molecule has 2 aliphatic rings. The van der Waals surface area contributed by atoms with Gasteiger partial charge >= 0.3 is 0 Å². The second kappa shape index (κ2) is 10.4. The molecule has 1 aromatic carbocycles. The van der Waals surface area contributed by atoms with E-state index in [1.165, 1.54) is 25.9 Å². The van der Waals surface area contributed by atoms with Gasteiger partial charge in [0.1, 0.15) is 5.82 Å². The fraction of sp³-hybridized carbons (Fsp3) is 0.542. The lowest BCUT2D eigenvalue weighted by Gasteiger charge is -2.28. The topological polar surface area (TPSA) is 103 Å². The third kappa shape index (κ3) is 5.18. The lowest BCUT2D eigenvalue weighted by Crippen LogP contribution is -2.44. The van der Waals surface area contributed by atoms with E-state index in [0.29, 0.717) is 35.7 Å². The van der Waals surface area contributed by atoms with Crippen molar-refractivity contribution in [2.45, 2.75) is 26.2 Å². The van der Waals surface area contributed by atoms with Gasteiger partial charge < -0.3 is 29.9 Å². The molecule has 0 atom stereocenters. The number of benzene rings is 1. The van der Waals surface area contributed by atoms with Crippen molar-refractivity contribution in [1.82, 2.24) is 30.4 Å². The molecule has 0 spiro atoms. The molecular formula is C24H34N8O2. The van der Waals surface area contributed by atoms with E-state index in [0.717, 1.165) is 55.7 Å². The molecule has 5 rings (SSSR count). The van der Waals surface area contributed by atoms with Crippen LogP contribution in [0.1, 0.15) is 25.0 Å². The number of anilines is 3. The fourth-order valence-electron chi connectivity index (χ4n) is 4.58.